The molecule has 166 valence electrons. The molecule has 0 spiro atoms. The Bertz CT molecular complexity index is 902. The second kappa shape index (κ2) is 9.35. The highest BCUT2D eigenvalue weighted by Crippen LogP contribution is 2.36. The van der Waals surface area contributed by atoms with Crippen molar-refractivity contribution >= 4 is 6.08 Å². The minimum Gasteiger partial charge on any atom is -0.491 e. The Morgan fingerprint density at radius 3 is 2.42 bits per heavy atom. The number of nitrogens with zero attached hydrogens (tertiary/aromatic N) is 1. The van der Waals surface area contributed by atoms with Crippen LogP contribution in [0.3, 0.4) is 0 Å². The highest BCUT2D eigenvalue weighted by Gasteiger charge is 2.30. The molecule has 1 aliphatic heterocycles. The smallest absolute Gasteiger partial charge is 0.416 e. The molecule has 1 fully saturated rings. The summed E-state index contributed by atoms with van der Waals surface area (Å²) in [6.45, 7) is 1.20. The van der Waals surface area contributed by atoms with E-state index in [1.54, 1.807) is 0 Å². The van der Waals surface area contributed by atoms with E-state index in [0.29, 0.717) is 18.2 Å². The van der Waals surface area contributed by atoms with Crippen molar-refractivity contribution < 1.29 is 23.0 Å². The number of aliphatic hydroxyl groups excluding tert-OH is 1. The van der Waals surface area contributed by atoms with Gasteiger partial charge >= 0.3 is 6.18 Å². The summed E-state index contributed by atoms with van der Waals surface area (Å²) in [6, 6.07) is 12.9. The number of fused-ring (bicyclic) bond motifs is 1. The Morgan fingerprint density at radius 1 is 1.00 bits per heavy atom. The number of halogens is 3. The van der Waals surface area contributed by atoms with Crippen LogP contribution in [0.25, 0.3) is 6.08 Å². The van der Waals surface area contributed by atoms with Gasteiger partial charge in [-0.05, 0) is 60.2 Å². The predicted octanol–water partition coefficient (Wildman–Crippen LogP) is 5.88. The highest BCUT2D eigenvalue weighted by atomic mass is 19.4. The van der Waals surface area contributed by atoms with Crippen molar-refractivity contribution in [2.24, 2.45) is 5.92 Å². The largest absolute Gasteiger partial charge is 0.491 e. The van der Waals surface area contributed by atoms with Crippen LogP contribution < -0.4 is 4.74 Å². The standard InChI is InChI=1S/C25H28F3NO2/c26-25(27,28)21-10-12-23(13-11-21)31-17-22(30)16-29-15-20-9-5-4-8-19(20)14-24(29)18-6-2-1-3-7-18/h4-5,8-14,18,22,30H,1-3,6-7,15-17H2. The maximum atomic E-state index is 12.7. The molecule has 2 aliphatic rings. The fourth-order valence-corrected chi connectivity index (χ4v) is 4.55. The van der Waals surface area contributed by atoms with E-state index in [4.69, 9.17) is 4.74 Å². The minimum atomic E-state index is -4.37. The maximum Gasteiger partial charge on any atom is 0.416 e. The van der Waals surface area contributed by atoms with Gasteiger partial charge in [-0.3, -0.25) is 0 Å². The molecular weight excluding hydrogens is 403 g/mol. The van der Waals surface area contributed by atoms with Gasteiger partial charge in [0.15, 0.2) is 0 Å². The van der Waals surface area contributed by atoms with E-state index in [0.717, 1.165) is 18.7 Å². The van der Waals surface area contributed by atoms with E-state index in [-0.39, 0.29) is 6.61 Å². The first-order valence-corrected chi connectivity index (χ1v) is 10.9. The molecule has 1 heterocycles. The fraction of sp³-hybridized carbons (Fsp3) is 0.440. The van der Waals surface area contributed by atoms with Gasteiger partial charge in [-0.15, -0.1) is 0 Å². The van der Waals surface area contributed by atoms with Crippen molar-refractivity contribution in [1.29, 1.82) is 0 Å². The summed E-state index contributed by atoms with van der Waals surface area (Å²) in [7, 11) is 0. The quantitative estimate of drug-likeness (QED) is 0.620. The van der Waals surface area contributed by atoms with Crippen molar-refractivity contribution in [2.75, 3.05) is 13.2 Å². The molecule has 1 atom stereocenters. The van der Waals surface area contributed by atoms with E-state index in [1.165, 1.54) is 61.1 Å². The molecule has 1 saturated carbocycles. The molecule has 2 aromatic rings. The van der Waals surface area contributed by atoms with Crippen molar-refractivity contribution in [3.8, 4) is 5.75 Å². The molecule has 1 N–H and O–H groups in total. The first kappa shape index (κ1) is 21.8. The van der Waals surface area contributed by atoms with Gasteiger partial charge in [0, 0.05) is 18.8 Å². The molecule has 4 rings (SSSR count). The van der Waals surface area contributed by atoms with Gasteiger partial charge < -0.3 is 14.7 Å². The van der Waals surface area contributed by atoms with E-state index in [1.807, 2.05) is 6.07 Å². The normalized spacial score (nSPS) is 18.3. The molecule has 0 bridgehead atoms. The van der Waals surface area contributed by atoms with Crippen LogP contribution in [0.15, 0.2) is 54.2 Å². The first-order valence-electron chi connectivity index (χ1n) is 10.9. The predicted molar refractivity (Wildman–Crippen MR) is 114 cm³/mol. The zero-order chi connectivity index (χ0) is 21.8. The Kier molecular flexibility index (Phi) is 6.56. The van der Waals surface area contributed by atoms with Crippen LogP contribution in [0.5, 0.6) is 5.75 Å². The molecule has 0 radical (unpaired) electrons. The summed E-state index contributed by atoms with van der Waals surface area (Å²) in [5.41, 5.74) is 3.05. The summed E-state index contributed by atoms with van der Waals surface area (Å²) >= 11 is 0. The molecule has 6 heteroatoms. The minimum absolute atomic E-state index is 0.0292. The molecule has 0 saturated heterocycles. The molecule has 2 aromatic carbocycles. The lowest BCUT2D eigenvalue weighted by Crippen LogP contribution is -2.38. The summed E-state index contributed by atoms with van der Waals surface area (Å²) in [5.74, 6) is 0.823. The van der Waals surface area contributed by atoms with E-state index >= 15 is 0 Å². The zero-order valence-electron chi connectivity index (χ0n) is 17.4. The van der Waals surface area contributed by atoms with Gasteiger partial charge in [-0.2, -0.15) is 13.2 Å². The number of rotatable bonds is 6. The number of aliphatic hydroxyl groups is 1. The van der Waals surface area contributed by atoms with Gasteiger partial charge in [0.05, 0.1) is 5.56 Å². The average Bonchev–Trinajstić information content (AvgIpc) is 2.77. The third-order valence-electron chi connectivity index (χ3n) is 6.16. The molecular formula is C25H28F3NO2. The molecule has 0 aromatic heterocycles. The third-order valence-corrected chi connectivity index (χ3v) is 6.16. The monoisotopic (exact) mass is 431 g/mol. The Balaban J connectivity index is 1.40. The van der Waals surface area contributed by atoms with Crippen LogP contribution in [-0.2, 0) is 12.7 Å². The van der Waals surface area contributed by atoms with E-state index in [2.05, 4.69) is 29.2 Å². The second-order valence-electron chi connectivity index (χ2n) is 8.47. The number of hydrogen-bond donors (Lipinski definition) is 1. The zero-order valence-corrected chi connectivity index (χ0v) is 17.4. The Morgan fingerprint density at radius 2 is 1.71 bits per heavy atom. The van der Waals surface area contributed by atoms with Crippen molar-refractivity contribution in [1.82, 2.24) is 4.90 Å². The Labute approximate surface area is 181 Å². The van der Waals surface area contributed by atoms with Crippen LogP contribution in [0, 0.1) is 5.92 Å². The lowest BCUT2D eigenvalue weighted by Gasteiger charge is -2.38. The fourth-order valence-electron chi connectivity index (χ4n) is 4.55. The second-order valence-corrected chi connectivity index (χ2v) is 8.47. The molecule has 31 heavy (non-hydrogen) atoms. The number of ether oxygens (including phenoxy) is 1. The van der Waals surface area contributed by atoms with E-state index in [9.17, 15) is 18.3 Å². The number of benzene rings is 2. The van der Waals surface area contributed by atoms with Crippen LogP contribution in [0.2, 0.25) is 0 Å². The number of β-amino-alcohol motifs (C(OH)–C–C–N with tert-alkyl or cyclic N) is 1. The van der Waals surface area contributed by atoms with Crippen molar-refractivity contribution in [3.63, 3.8) is 0 Å². The molecule has 1 aliphatic carbocycles. The van der Waals surface area contributed by atoms with E-state index < -0.39 is 17.8 Å². The lowest BCUT2D eigenvalue weighted by atomic mass is 9.84. The Hall–Kier alpha value is -2.47. The molecule has 0 amide bonds. The highest BCUT2D eigenvalue weighted by molar-refractivity contribution is 5.59. The van der Waals surface area contributed by atoms with Gasteiger partial charge in [-0.1, -0.05) is 43.5 Å². The van der Waals surface area contributed by atoms with Crippen molar-refractivity contribution in [2.45, 2.75) is 50.9 Å². The summed E-state index contributed by atoms with van der Waals surface area (Å²) in [4.78, 5) is 2.25. The number of alkyl halides is 3. The summed E-state index contributed by atoms with van der Waals surface area (Å²) < 4.78 is 43.7. The third kappa shape index (κ3) is 5.42. The summed E-state index contributed by atoms with van der Waals surface area (Å²) in [6.07, 6.45) is 3.23. The molecule has 1 unspecified atom stereocenters. The maximum absolute atomic E-state index is 12.7. The topological polar surface area (TPSA) is 32.7 Å². The summed E-state index contributed by atoms with van der Waals surface area (Å²) in [5, 5.41) is 10.6. The van der Waals surface area contributed by atoms with Gasteiger partial charge in [0.1, 0.15) is 18.5 Å². The first-order chi connectivity index (χ1) is 14.9. The lowest BCUT2D eigenvalue weighted by molar-refractivity contribution is -0.137. The van der Waals surface area contributed by atoms with Crippen LogP contribution in [-0.4, -0.2) is 29.3 Å². The van der Waals surface area contributed by atoms with Crippen LogP contribution >= 0.6 is 0 Å². The van der Waals surface area contributed by atoms with Gasteiger partial charge in [-0.25, -0.2) is 0 Å². The van der Waals surface area contributed by atoms with Crippen molar-refractivity contribution in [3.05, 3.63) is 70.9 Å². The van der Waals surface area contributed by atoms with Crippen LogP contribution in [0.4, 0.5) is 13.2 Å². The van der Waals surface area contributed by atoms with Crippen LogP contribution in [0.1, 0.15) is 48.8 Å². The SMILES string of the molecule is OC(COc1ccc(C(F)(F)F)cc1)CN1Cc2ccccc2C=C1C1CCCCC1. The number of allylic oxidation sites excluding steroid dienone is 1. The molecule has 3 nitrogen and oxygen atoms in total. The van der Waals surface area contributed by atoms with Gasteiger partial charge in [0.25, 0.3) is 0 Å². The average molecular weight is 431 g/mol. The van der Waals surface area contributed by atoms with Gasteiger partial charge in [0.2, 0.25) is 0 Å². The number of hydrogen-bond acceptors (Lipinski definition) is 3.